The van der Waals surface area contributed by atoms with Crippen molar-refractivity contribution in [1.29, 1.82) is 0 Å². The van der Waals surface area contributed by atoms with E-state index < -0.39 is 0 Å². The largest absolute Gasteiger partial charge is 0.313 e. The average Bonchev–Trinajstić information content (AvgIpc) is 2.57. The van der Waals surface area contributed by atoms with Gasteiger partial charge in [-0.25, -0.2) is 0 Å². The van der Waals surface area contributed by atoms with Crippen LogP contribution in [0.25, 0.3) is 0 Å². The molecule has 0 spiro atoms. The SMILES string of the molecule is CC.CCNC1CCN(C(C)C)C1. The van der Waals surface area contributed by atoms with Crippen LogP contribution in [-0.2, 0) is 0 Å². The molecule has 0 aromatic heterocycles. The molecule has 0 aliphatic carbocycles. The number of hydrogen-bond acceptors (Lipinski definition) is 2. The summed E-state index contributed by atoms with van der Waals surface area (Å²) in [4.78, 5) is 2.54. The van der Waals surface area contributed by atoms with Crippen molar-refractivity contribution >= 4 is 0 Å². The number of nitrogens with one attached hydrogen (secondary N) is 1. The van der Waals surface area contributed by atoms with Crippen LogP contribution in [0.5, 0.6) is 0 Å². The maximum absolute atomic E-state index is 3.49. The zero-order chi connectivity index (χ0) is 10.3. The first-order valence-corrected chi connectivity index (χ1v) is 5.71. The van der Waals surface area contributed by atoms with Crippen molar-refractivity contribution in [2.24, 2.45) is 0 Å². The number of hydrogen-bond donors (Lipinski definition) is 1. The van der Waals surface area contributed by atoms with E-state index in [1.165, 1.54) is 19.5 Å². The molecule has 0 saturated carbocycles. The van der Waals surface area contributed by atoms with Crippen molar-refractivity contribution in [1.82, 2.24) is 10.2 Å². The lowest BCUT2D eigenvalue weighted by molar-refractivity contribution is 0.268. The fourth-order valence-corrected chi connectivity index (χ4v) is 1.71. The summed E-state index contributed by atoms with van der Waals surface area (Å²) in [5, 5.41) is 3.49. The van der Waals surface area contributed by atoms with Gasteiger partial charge in [-0.15, -0.1) is 0 Å². The molecule has 2 heteroatoms. The topological polar surface area (TPSA) is 15.3 Å². The summed E-state index contributed by atoms with van der Waals surface area (Å²) in [7, 11) is 0. The predicted molar refractivity (Wildman–Crippen MR) is 60.1 cm³/mol. The van der Waals surface area contributed by atoms with Crippen LogP contribution < -0.4 is 5.32 Å². The molecule has 1 fully saturated rings. The average molecular weight is 186 g/mol. The van der Waals surface area contributed by atoms with E-state index in [1.54, 1.807) is 0 Å². The van der Waals surface area contributed by atoms with Crippen LogP contribution in [0, 0.1) is 0 Å². The molecular formula is C11H26N2. The molecule has 1 atom stereocenters. The quantitative estimate of drug-likeness (QED) is 0.726. The van der Waals surface area contributed by atoms with Gasteiger partial charge in [-0.1, -0.05) is 20.8 Å². The van der Waals surface area contributed by atoms with E-state index in [2.05, 4.69) is 31.0 Å². The normalized spacial score (nSPS) is 23.1. The van der Waals surface area contributed by atoms with Gasteiger partial charge in [-0.2, -0.15) is 0 Å². The zero-order valence-electron chi connectivity index (χ0n) is 9.93. The maximum Gasteiger partial charge on any atom is 0.0207 e. The van der Waals surface area contributed by atoms with Crippen molar-refractivity contribution in [3.8, 4) is 0 Å². The van der Waals surface area contributed by atoms with Gasteiger partial charge in [0.15, 0.2) is 0 Å². The number of likely N-dealkylation sites (tertiary alicyclic amines) is 1. The van der Waals surface area contributed by atoms with E-state index in [-0.39, 0.29) is 0 Å². The Labute approximate surface area is 83.7 Å². The van der Waals surface area contributed by atoms with Crippen molar-refractivity contribution in [3.05, 3.63) is 0 Å². The smallest absolute Gasteiger partial charge is 0.0207 e. The summed E-state index contributed by atoms with van der Waals surface area (Å²) in [5.74, 6) is 0. The predicted octanol–water partition coefficient (Wildman–Crippen LogP) is 2.10. The summed E-state index contributed by atoms with van der Waals surface area (Å²) in [5.41, 5.74) is 0. The van der Waals surface area contributed by atoms with Gasteiger partial charge >= 0.3 is 0 Å². The van der Waals surface area contributed by atoms with E-state index >= 15 is 0 Å². The molecule has 0 bridgehead atoms. The summed E-state index contributed by atoms with van der Waals surface area (Å²) < 4.78 is 0. The Balaban J connectivity index is 0.000000671. The van der Waals surface area contributed by atoms with Gasteiger partial charge in [-0.3, -0.25) is 4.90 Å². The molecule has 80 valence electrons. The Bertz CT molecular complexity index is 113. The molecular weight excluding hydrogens is 160 g/mol. The highest BCUT2D eigenvalue weighted by Crippen LogP contribution is 2.11. The number of nitrogens with zero attached hydrogens (tertiary/aromatic N) is 1. The molecule has 1 N–H and O–H groups in total. The van der Waals surface area contributed by atoms with Crippen LogP contribution in [-0.4, -0.2) is 36.6 Å². The van der Waals surface area contributed by atoms with Crippen LogP contribution in [0.15, 0.2) is 0 Å². The third kappa shape index (κ3) is 4.63. The maximum atomic E-state index is 3.49. The van der Waals surface area contributed by atoms with Gasteiger partial charge in [-0.05, 0) is 33.4 Å². The molecule has 0 radical (unpaired) electrons. The molecule has 0 aromatic rings. The fourth-order valence-electron chi connectivity index (χ4n) is 1.71. The third-order valence-electron chi connectivity index (χ3n) is 2.44. The minimum Gasteiger partial charge on any atom is -0.313 e. The van der Waals surface area contributed by atoms with E-state index in [1.807, 2.05) is 13.8 Å². The summed E-state index contributed by atoms with van der Waals surface area (Å²) >= 11 is 0. The van der Waals surface area contributed by atoms with Crippen molar-refractivity contribution in [3.63, 3.8) is 0 Å². The lowest BCUT2D eigenvalue weighted by atomic mass is 10.3. The summed E-state index contributed by atoms with van der Waals surface area (Å²) in [6.07, 6.45) is 1.33. The highest BCUT2D eigenvalue weighted by atomic mass is 15.2. The van der Waals surface area contributed by atoms with Crippen molar-refractivity contribution in [2.75, 3.05) is 19.6 Å². The van der Waals surface area contributed by atoms with Crippen LogP contribution in [0.3, 0.4) is 0 Å². The van der Waals surface area contributed by atoms with Crippen molar-refractivity contribution < 1.29 is 0 Å². The van der Waals surface area contributed by atoms with Crippen LogP contribution in [0.1, 0.15) is 41.0 Å². The second-order valence-corrected chi connectivity index (χ2v) is 3.63. The molecule has 13 heavy (non-hydrogen) atoms. The minimum atomic E-state index is 0.721. The Morgan fingerprint density at radius 3 is 2.38 bits per heavy atom. The molecule has 1 aliphatic heterocycles. The first kappa shape index (κ1) is 12.9. The van der Waals surface area contributed by atoms with Crippen LogP contribution >= 0.6 is 0 Å². The highest BCUT2D eigenvalue weighted by Gasteiger charge is 2.22. The van der Waals surface area contributed by atoms with E-state index in [0.29, 0.717) is 0 Å². The van der Waals surface area contributed by atoms with E-state index in [9.17, 15) is 0 Å². The lowest BCUT2D eigenvalue weighted by Crippen LogP contribution is -2.34. The first-order chi connectivity index (χ1) is 6.24. The van der Waals surface area contributed by atoms with Gasteiger partial charge in [0.2, 0.25) is 0 Å². The Morgan fingerprint density at radius 2 is 2.00 bits per heavy atom. The Kier molecular flexibility index (Phi) is 7.29. The number of likely N-dealkylation sites (N-methyl/N-ethyl adjacent to an activating group) is 1. The van der Waals surface area contributed by atoms with Gasteiger partial charge in [0.25, 0.3) is 0 Å². The van der Waals surface area contributed by atoms with Gasteiger partial charge < -0.3 is 5.32 Å². The van der Waals surface area contributed by atoms with E-state index in [0.717, 1.165) is 18.6 Å². The van der Waals surface area contributed by atoms with Crippen LogP contribution in [0.4, 0.5) is 0 Å². The van der Waals surface area contributed by atoms with Gasteiger partial charge in [0, 0.05) is 18.6 Å². The second-order valence-electron chi connectivity index (χ2n) is 3.63. The molecule has 1 rings (SSSR count). The second kappa shape index (κ2) is 7.34. The van der Waals surface area contributed by atoms with Crippen molar-refractivity contribution in [2.45, 2.75) is 53.1 Å². The Hall–Kier alpha value is -0.0800. The van der Waals surface area contributed by atoms with E-state index in [4.69, 9.17) is 0 Å². The summed E-state index contributed by atoms with van der Waals surface area (Å²) in [6.45, 7) is 14.3. The number of rotatable bonds is 3. The zero-order valence-corrected chi connectivity index (χ0v) is 9.93. The monoisotopic (exact) mass is 186 g/mol. The standard InChI is InChI=1S/C9H20N2.C2H6/c1-4-10-9-5-6-11(7-9)8(2)3;1-2/h8-10H,4-7H2,1-3H3;1-2H3. The molecule has 1 aliphatic rings. The molecule has 1 saturated heterocycles. The molecule has 1 heterocycles. The van der Waals surface area contributed by atoms with Gasteiger partial charge in [0.1, 0.15) is 0 Å². The highest BCUT2D eigenvalue weighted by molar-refractivity contribution is 4.81. The molecule has 0 amide bonds. The fraction of sp³-hybridized carbons (Fsp3) is 1.00. The third-order valence-corrected chi connectivity index (χ3v) is 2.44. The molecule has 2 nitrogen and oxygen atoms in total. The Morgan fingerprint density at radius 1 is 1.38 bits per heavy atom. The minimum absolute atomic E-state index is 0.721. The summed E-state index contributed by atoms with van der Waals surface area (Å²) in [6, 6.07) is 1.47. The van der Waals surface area contributed by atoms with Gasteiger partial charge in [0.05, 0.1) is 0 Å². The first-order valence-electron chi connectivity index (χ1n) is 5.71. The van der Waals surface area contributed by atoms with Crippen LogP contribution in [0.2, 0.25) is 0 Å². The molecule has 1 unspecified atom stereocenters. The molecule has 0 aromatic carbocycles. The lowest BCUT2D eigenvalue weighted by Gasteiger charge is -2.20.